The minimum Gasteiger partial charge on any atom is -0.497 e. The van der Waals surface area contributed by atoms with Crippen LogP contribution in [0.25, 0.3) is 0 Å². The van der Waals surface area contributed by atoms with Crippen molar-refractivity contribution in [1.29, 1.82) is 0 Å². The van der Waals surface area contributed by atoms with E-state index in [-0.39, 0.29) is 17.7 Å². The number of hydrogen-bond donors (Lipinski definition) is 1. The van der Waals surface area contributed by atoms with E-state index in [9.17, 15) is 9.59 Å². The number of benzene rings is 1. The average molecular weight is 350 g/mol. The summed E-state index contributed by atoms with van der Waals surface area (Å²) < 4.78 is 15.5. The standard InChI is InChI=1S/C18H26N2O5/c1-23-9-8-20-12-14(5-7-17(20)21)18(22)19-11-13-4-6-15(24-2)10-16(13)25-3/h4,6,10,14H,5,7-9,11-12H2,1-3H3,(H,19,22)/t14-/m0/s1. The van der Waals surface area contributed by atoms with Crippen molar-refractivity contribution in [1.82, 2.24) is 10.2 Å². The van der Waals surface area contributed by atoms with Gasteiger partial charge in [0.05, 0.1) is 26.7 Å². The molecule has 1 aromatic carbocycles. The Balaban J connectivity index is 1.92. The zero-order valence-corrected chi connectivity index (χ0v) is 15.0. The number of piperidine rings is 1. The second kappa shape index (κ2) is 9.27. The van der Waals surface area contributed by atoms with Crippen LogP contribution in [0.4, 0.5) is 0 Å². The quantitative estimate of drug-likeness (QED) is 0.762. The lowest BCUT2D eigenvalue weighted by Gasteiger charge is -2.31. The number of carbonyl (C=O) groups is 2. The van der Waals surface area contributed by atoms with Crippen LogP contribution in [0.15, 0.2) is 18.2 Å². The van der Waals surface area contributed by atoms with Crippen molar-refractivity contribution in [3.05, 3.63) is 23.8 Å². The molecule has 0 spiro atoms. The van der Waals surface area contributed by atoms with Crippen molar-refractivity contribution in [2.24, 2.45) is 5.92 Å². The molecule has 2 amide bonds. The third-order valence-corrected chi connectivity index (χ3v) is 4.38. The monoisotopic (exact) mass is 350 g/mol. The Hall–Kier alpha value is -2.28. The summed E-state index contributed by atoms with van der Waals surface area (Å²) in [6, 6.07) is 5.48. The van der Waals surface area contributed by atoms with Gasteiger partial charge in [-0.1, -0.05) is 0 Å². The summed E-state index contributed by atoms with van der Waals surface area (Å²) in [6.45, 7) is 1.80. The van der Waals surface area contributed by atoms with Crippen molar-refractivity contribution in [2.75, 3.05) is 41.0 Å². The maximum Gasteiger partial charge on any atom is 0.225 e. The SMILES string of the molecule is COCCN1C[C@@H](C(=O)NCc2ccc(OC)cc2OC)CCC1=O. The van der Waals surface area contributed by atoms with Gasteiger partial charge in [-0.2, -0.15) is 0 Å². The van der Waals surface area contributed by atoms with Crippen molar-refractivity contribution < 1.29 is 23.8 Å². The van der Waals surface area contributed by atoms with Crippen molar-refractivity contribution in [3.63, 3.8) is 0 Å². The first-order valence-electron chi connectivity index (χ1n) is 8.34. The molecule has 1 fully saturated rings. The van der Waals surface area contributed by atoms with Gasteiger partial charge < -0.3 is 24.4 Å². The first kappa shape index (κ1) is 19.1. The summed E-state index contributed by atoms with van der Waals surface area (Å²) in [7, 11) is 4.78. The molecular formula is C18H26N2O5. The van der Waals surface area contributed by atoms with Crippen LogP contribution in [0, 0.1) is 5.92 Å². The number of nitrogens with zero attached hydrogens (tertiary/aromatic N) is 1. The number of hydrogen-bond acceptors (Lipinski definition) is 5. The van der Waals surface area contributed by atoms with Crippen LogP contribution in [-0.2, 0) is 20.9 Å². The van der Waals surface area contributed by atoms with Crippen LogP contribution in [0.5, 0.6) is 11.5 Å². The maximum atomic E-state index is 12.5. The van der Waals surface area contributed by atoms with Gasteiger partial charge in [-0.3, -0.25) is 9.59 Å². The highest BCUT2D eigenvalue weighted by Crippen LogP contribution is 2.25. The molecule has 0 radical (unpaired) electrons. The largest absolute Gasteiger partial charge is 0.497 e. The molecular weight excluding hydrogens is 324 g/mol. The molecule has 7 heteroatoms. The molecule has 0 aromatic heterocycles. The van der Waals surface area contributed by atoms with Crippen molar-refractivity contribution in [3.8, 4) is 11.5 Å². The van der Waals surface area contributed by atoms with Crippen LogP contribution >= 0.6 is 0 Å². The number of methoxy groups -OCH3 is 3. The summed E-state index contributed by atoms with van der Waals surface area (Å²) >= 11 is 0. The van der Waals surface area contributed by atoms with Crippen molar-refractivity contribution >= 4 is 11.8 Å². The topological polar surface area (TPSA) is 77.1 Å². The molecule has 2 rings (SSSR count). The Morgan fingerprint density at radius 2 is 2.08 bits per heavy atom. The smallest absolute Gasteiger partial charge is 0.225 e. The first-order valence-corrected chi connectivity index (χ1v) is 8.34. The minimum absolute atomic E-state index is 0.0483. The number of amides is 2. The van der Waals surface area contributed by atoms with Crippen LogP contribution in [0.2, 0.25) is 0 Å². The molecule has 1 aliphatic heterocycles. The van der Waals surface area contributed by atoms with Gasteiger partial charge in [-0.25, -0.2) is 0 Å². The molecule has 1 aromatic rings. The van der Waals surface area contributed by atoms with Crippen LogP contribution in [0.3, 0.4) is 0 Å². The fraction of sp³-hybridized carbons (Fsp3) is 0.556. The summed E-state index contributed by atoms with van der Waals surface area (Å²) in [5.74, 6) is 1.20. The van der Waals surface area contributed by atoms with E-state index >= 15 is 0 Å². The third-order valence-electron chi connectivity index (χ3n) is 4.38. The van der Waals surface area contributed by atoms with Gasteiger partial charge in [-0.05, 0) is 18.6 Å². The number of carbonyl (C=O) groups excluding carboxylic acids is 2. The van der Waals surface area contributed by atoms with Gasteiger partial charge in [0.2, 0.25) is 11.8 Å². The van der Waals surface area contributed by atoms with Gasteiger partial charge in [0.1, 0.15) is 11.5 Å². The third kappa shape index (κ3) is 5.09. The number of likely N-dealkylation sites (tertiary alicyclic amines) is 1. The lowest BCUT2D eigenvalue weighted by Crippen LogP contribution is -2.46. The Morgan fingerprint density at radius 3 is 2.76 bits per heavy atom. The predicted octanol–water partition coefficient (Wildman–Crippen LogP) is 1.21. The van der Waals surface area contributed by atoms with E-state index in [0.717, 1.165) is 5.56 Å². The summed E-state index contributed by atoms with van der Waals surface area (Å²) in [4.78, 5) is 26.1. The molecule has 138 valence electrons. The molecule has 1 heterocycles. The highest BCUT2D eigenvalue weighted by Gasteiger charge is 2.29. The molecule has 0 unspecified atom stereocenters. The zero-order chi connectivity index (χ0) is 18.2. The van der Waals surface area contributed by atoms with E-state index in [1.54, 1.807) is 32.3 Å². The lowest BCUT2D eigenvalue weighted by molar-refractivity contribution is -0.138. The van der Waals surface area contributed by atoms with E-state index in [2.05, 4.69) is 5.32 Å². The van der Waals surface area contributed by atoms with Gasteiger partial charge in [0, 0.05) is 44.8 Å². The Kier molecular flexibility index (Phi) is 7.06. The van der Waals surface area contributed by atoms with Gasteiger partial charge in [-0.15, -0.1) is 0 Å². The number of ether oxygens (including phenoxy) is 3. The molecule has 0 bridgehead atoms. The molecule has 0 aliphatic carbocycles. The van der Waals surface area contributed by atoms with Gasteiger partial charge >= 0.3 is 0 Å². The Labute approximate surface area is 148 Å². The maximum absolute atomic E-state index is 12.5. The molecule has 1 aliphatic rings. The lowest BCUT2D eigenvalue weighted by atomic mass is 9.96. The summed E-state index contributed by atoms with van der Waals surface area (Å²) in [6.07, 6.45) is 0.974. The second-order valence-electron chi connectivity index (χ2n) is 5.96. The van der Waals surface area contributed by atoms with Gasteiger partial charge in [0.15, 0.2) is 0 Å². The van der Waals surface area contributed by atoms with E-state index in [0.29, 0.717) is 50.6 Å². The average Bonchev–Trinajstić information content (AvgIpc) is 2.65. The Morgan fingerprint density at radius 1 is 1.28 bits per heavy atom. The molecule has 7 nitrogen and oxygen atoms in total. The van der Waals surface area contributed by atoms with Crippen LogP contribution in [-0.4, -0.2) is 57.7 Å². The number of rotatable bonds is 8. The normalized spacial score (nSPS) is 17.3. The molecule has 0 saturated carbocycles. The van der Waals surface area contributed by atoms with Crippen LogP contribution in [0.1, 0.15) is 18.4 Å². The molecule has 25 heavy (non-hydrogen) atoms. The highest BCUT2D eigenvalue weighted by molar-refractivity contribution is 5.83. The molecule has 1 atom stereocenters. The molecule has 1 saturated heterocycles. The second-order valence-corrected chi connectivity index (χ2v) is 5.96. The summed E-state index contributed by atoms with van der Waals surface area (Å²) in [5, 5.41) is 2.94. The van der Waals surface area contributed by atoms with E-state index in [4.69, 9.17) is 14.2 Å². The van der Waals surface area contributed by atoms with E-state index < -0.39 is 0 Å². The Bertz CT molecular complexity index is 605. The zero-order valence-electron chi connectivity index (χ0n) is 15.0. The highest BCUT2D eigenvalue weighted by atomic mass is 16.5. The van der Waals surface area contributed by atoms with E-state index in [1.807, 2.05) is 12.1 Å². The predicted molar refractivity (Wildman–Crippen MR) is 92.6 cm³/mol. The fourth-order valence-electron chi connectivity index (χ4n) is 2.87. The van der Waals surface area contributed by atoms with Crippen molar-refractivity contribution in [2.45, 2.75) is 19.4 Å². The van der Waals surface area contributed by atoms with Gasteiger partial charge in [0.25, 0.3) is 0 Å². The molecule has 1 N–H and O–H groups in total. The van der Waals surface area contributed by atoms with E-state index in [1.165, 1.54) is 0 Å². The first-order chi connectivity index (χ1) is 12.1. The minimum atomic E-state index is -0.196. The van der Waals surface area contributed by atoms with Crippen LogP contribution < -0.4 is 14.8 Å². The summed E-state index contributed by atoms with van der Waals surface area (Å²) in [5.41, 5.74) is 0.875. The fourth-order valence-corrected chi connectivity index (χ4v) is 2.87. The number of nitrogens with one attached hydrogen (secondary N) is 1.